The molecule has 0 aromatic rings. The van der Waals surface area contributed by atoms with Crippen LogP contribution in [0.5, 0.6) is 0 Å². The fourth-order valence-electron chi connectivity index (χ4n) is 1.19. The van der Waals surface area contributed by atoms with Crippen molar-refractivity contribution >= 4 is 18.0 Å². The molecule has 62 valence electrons. The van der Waals surface area contributed by atoms with E-state index in [1.54, 1.807) is 18.2 Å². The second-order valence-electron chi connectivity index (χ2n) is 2.66. The largest absolute Gasteiger partial charge is 0.280 e. The number of nitrogens with zero attached hydrogens (tertiary/aromatic N) is 3. The van der Waals surface area contributed by atoms with E-state index in [1.807, 2.05) is 6.07 Å². The number of hydrogen-bond donors (Lipinski definition) is 0. The SMILES string of the molecule is N#CC1C=CC2=NC=NC(=O)C2=C1. The van der Waals surface area contributed by atoms with E-state index in [9.17, 15) is 4.79 Å². The van der Waals surface area contributed by atoms with Crippen LogP contribution in [-0.4, -0.2) is 18.0 Å². The van der Waals surface area contributed by atoms with E-state index in [1.165, 1.54) is 6.34 Å². The Balaban J connectivity index is 2.45. The predicted molar refractivity (Wildman–Crippen MR) is 47.3 cm³/mol. The molecule has 0 spiro atoms. The molecule has 2 aliphatic rings. The highest BCUT2D eigenvalue weighted by molar-refractivity contribution is 6.30. The lowest BCUT2D eigenvalue weighted by atomic mass is 9.96. The van der Waals surface area contributed by atoms with Crippen molar-refractivity contribution in [2.45, 2.75) is 0 Å². The third-order valence-corrected chi connectivity index (χ3v) is 1.83. The molecule has 0 fully saturated rings. The lowest BCUT2D eigenvalue weighted by Crippen LogP contribution is -2.17. The maximum atomic E-state index is 11.2. The summed E-state index contributed by atoms with van der Waals surface area (Å²) in [5.41, 5.74) is 1.02. The third kappa shape index (κ3) is 1.20. The minimum Gasteiger partial charge on any atom is -0.267 e. The van der Waals surface area contributed by atoms with Gasteiger partial charge in [-0.15, -0.1) is 0 Å². The van der Waals surface area contributed by atoms with Crippen molar-refractivity contribution in [2.75, 3.05) is 0 Å². The molecule has 1 atom stereocenters. The number of aliphatic imine (C=N–C) groups is 2. The molecule has 2 rings (SSSR count). The summed E-state index contributed by atoms with van der Waals surface area (Å²) in [6.45, 7) is 0. The molecule has 1 aliphatic heterocycles. The van der Waals surface area contributed by atoms with Gasteiger partial charge in [-0.05, 0) is 12.2 Å². The van der Waals surface area contributed by atoms with Crippen molar-refractivity contribution in [3.05, 3.63) is 23.8 Å². The van der Waals surface area contributed by atoms with Crippen molar-refractivity contribution < 1.29 is 4.79 Å². The number of rotatable bonds is 0. The normalized spacial score (nSPS) is 24.5. The van der Waals surface area contributed by atoms with Crippen LogP contribution in [0.25, 0.3) is 0 Å². The number of fused-ring (bicyclic) bond motifs is 1. The Hall–Kier alpha value is -2.02. The van der Waals surface area contributed by atoms with E-state index < -0.39 is 0 Å². The van der Waals surface area contributed by atoms with Gasteiger partial charge in [-0.2, -0.15) is 10.3 Å². The molecule has 0 saturated carbocycles. The number of carbonyl (C=O) groups excluding carboxylic acids is 1. The van der Waals surface area contributed by atoms with Crippen LogP contribution in [0.1, 0.15) is 0 Å². The minimum atomic E-state index is -0.341. The van der Waals surface area contributed by atoms with Gasteiger partial charge < -0.3 is 0 Å². The highest BCUT2D eigenvalue weighted by Gasteiger charge is 2.20. The average molecular weight is 171 g/mol. The minimum absolute atomic E-state index is 0.324. The van der Waals surface area contributed by atoms with Crippen LogP contribution in [-0.2, 0) is 4.79 Å². The van der Waals surface area contributed by atoms with E-state index in [2.05, 4.69) is 9.98 Å². The summed E-state index contributed by atoms with van der Waals surface area (Å²) in [6, 6.07) is 2.04. The van der Waals surface area contributed by atoms with Crippen LogP contribution < -0.4 is 0 Å². The maximum absolute atomic E-state index is 11.2. The summed E-state index contributed by atoms with van der Waals surface area (Å²) in [5.74, 6) is -0.666. The zero-order valence-electron chi connectivity index (χ0n) is 6.64. The highest BCUT2D eigenvalue weighted by Crippen LogP contribution is 2.17. The molecule has 0 aromatic heterocycles. The fourth-order valence-corrected chi connectivity index (χ4v) is 1.19. The van der Waals surface area contributed by atoms with E-state index >= 15 is 0 Å². The first-order valence-corrected chi connectivity index (χ1v) is 3.76. The van der Waals surface area contributed by atoms with Gasteiger partial charge in [0.25, 0.3) is 5.91 Å². The van der Waals surface area contributed by atoms with Crippen molar-refractivity contribution in [1.29, 1.82) is 5.26 Å². The molecule has 1 aliphatic carbocycles. The van der Waals surface area contributed by atoms with Crippen LogP contribution in [0.2, 0.25) is 0 Å². The van der Waals surface area contributed by atoms with Crippen LogP contribution in [0.4, 0.5) is 0 Å². The molecule has 1 heterocycles. The summed E-state index contributed by atoms with van der Waals surface area (Å²) in [6.07, 6.45) is 6.19. The molecule has 1 amide bonds. The first-order valence-electron chi connectivity index (χ1n) is 3.76. The lowest BCUT2D eigenvalue weighted by molar-refractivity contribution is -0.113. The summed E-state index contributed by atoms with van der Waals surface area (Å²) in [4.78, 5) is 18.6. The number of hydrogen-bond acceptors (Lipinski definition) is 3. The van der Waals surface area contributed by atoms with Gasteiger partial charge >= 0.3 is 0 Å². The smallest absolute Gasteiger partial charge is 0.267 e. The van der Waals surface area contributed by atoms with Gasteiger partial charge in [-0.25, -0.2) is 4.99 Å². The molecular weight excluding hydrogens is 166 g/mol. The van der Waals surface area contributed by atoms with Crippen molar-refractivity contribution in [3.63, 3.8) is 0 Å². The van der Waals surface area contributed by atoms with Gasteiger partial charge in [0.15, 0.2) is 0 Å². The van der Waals surface area contributed by atoms with E-state index in [4.69, 9.17) is 5.26 Å². The summed E-state index contributed by atoms with van der Waals surface area (Å²) in [7, 11) is 0. The molecule has 0 aromatic carbocycles. The topological polar surface area (TPSA) is 65.6 Å². The zero-order chi connectivity index (χ0) is 9.26. The molecule has 4 nitrogen and oxygen atoms in total. The Morgan fingerprint density at radius 1 is 1.54 bits per heavy atom. The second kappa shape index (κ2) is 2.79. The van der Waals surface area contributed by atoms with Crippen LogP contribution in [0.3, 0.4) is 0 Å². The van der Waals surface area contributed by atoms with Gasteiger partial charge in [0.05, 0.1) is 23.3 Å². The van der Waals surface area contributed by atoms with Gasteiger partial charge in [-0.3, -0.25) is 4.79 Å². The second-order valence-corrected chi connectivity index (χ2v) is 2.66. The van der Waals surface area contributed by atoms with Crippen LogP contribution >= 0.6 is 0 Å². The molecule has 0 N–H and O–H groups in total. The summed E-state index contributed by atoms with van der Waals surface area (Å²) < 4.78 is 0. The van der Waals surface area contributed by atoms with Crippen molar-refractivity contribution in [1.82, 2.24) is 0 Å². The average Bonchev–Trinajstić information content (AvgIpc) is 2.18. The number of carbonyl (C=O) groups is 1. The van der Waals surface area contributed by atoms with Gasteiger partial charge in [0, 0.05) is 0 Å². The molecule has 4 heteroatoms. The van der Waals surface area contributed by atoms with Crippen LogP contribution in [0, 0.1) is 17.2 Å². The Labute approximate surface area is 74.6 Å². The number of amides is 1. The summed E-state index contributed by atoms with van der Waals surface area (Å²) >= 11 is 0. The van der Waals surface area contributed by atoms with E-state index in [-0.39, 0.29) is 11.8 Å². The molecule has 0 bridgehead atoms. The molecule has 0 radical (unpaired) electrons. The molecular formula is C9H5N3O. The number of allylic oxidation sites excluding steroid dienone is 3. The first-order chi connectivity index (χ1) is 6.31. The first kappa shape index (κ1) is 7.62. The third-order valence-electron chi connectivity index (χ3n) is 1.83. The Morgan fingerprint density at radius 3 is 3.15 bits per heavy atom. The lowest BCUT2D eigenvalue weighted by Gasteiger charge is -2.11. The standard InChI is InChI=1S/C9H5N3O/c10-4-6-1-2-8-7(3-6)9(13)12-5-11-8/h1-3,5-6H. The van der Waals surface area contributed by atoms with Crippen molar-refractivity contribution in [2.24, 2.45) is 15.9 Å². The Morgan fingerprint density at radius 2 is 2.38 bits per heavy atom. The van der Waals surface area contributed by atoms with E-state index in [0.29, 0.717) is 11.3 Å². The van der Waals surface area contributed by atoms with Gasteiger partial charge in [-0.1, -0.05) is 6.08 Å². The molecule has 1 unspecified atom stereocenters. The Kier molecular flexibility index (Phi) is 1.64. The van der Waals surface area contributed by atoms with Crippen molar-refractivity contribution in [3.8, 4) is 6.07 Å². The van der Waals surface area contributed by atoms with Gasteiger partial charge in [0.1, 0.15) is 6.34 Å². The molecule has 0 saturated heterocycles. The van der Waals surface area contributed by atoms with Crippen LogP contribution in [0.15, 0.2) is 33.8 Å². The molecule has 13 heavy (non-hydrogen) atoms. The fraction of sp³-hybridized carbons (Fsp3) is 0.111. The zero-order valence-corrected chi connectivity index (χ0v) is 6.64. The number of nitriles is 1. The quantitative estimate of drug-likeness (QED) is 0.536. The monoisotopic (exact) mass is 171 g/mol. The van der Waals surface area contributed by atoms with Gasteiger partial charge in [0.2, 0.25) is 0 Å². The maximum Gasteiger partial charge on any atom is 0.280 e. The Bertz CT molecular complexity index is 421. The highest BCUT2D eigenvalue weighted by atomic mass is 16.1. The predicted octanol–water partition coefficient (Wildman–Crippen LogP) is 0.632. The van der Waals surface area contributed by atoms with E-state index in [0.717, 1.165) is 0 Å². The summed E-state index contributed by atoms with van der Waals surface area (Å²) in [5, 5.41) is 8.63.